The second-order valence-corrected chi connectivity index (χ2v) is 5.69. The van der Waals surface area contributed by atoms with Gasteiger partial charge >= 0.3 is 6.09 Å². The van der Waals surface area contributed by atoms with Gasteiger partial charge in [0.05, 0.1) is 0 Å². The fraction of sp³-hybridized carbons (Fsp3) is 0.565. The molecule has 0 saturated carbocycles. The number of primary amides is 1. The van der Waals surface area contributed by atoms with Crippen molar-refractivity contribution < 1.29 is 14.7 Å². The molecule has 0 aliphatic rings. The van der Waals surface area contributed by atoms with E-state index in [2.05, 4.69) is 43.6 Å². The molecule has 0 radical (unpaired) electrons. The van der Waals surface area contributed by atoms with Crippen LogP contribution in [0.1, 0.15) is 60.3 Å². The quantitative estimate of drug-likeness (QED) is 0.263. The number of nitrogens with two attached hydrogens (primary N) is 1. The molecule has 0 rings (SSSR count). The Balaban J connectivity index is -0.000000293. The molecule has 4 N–H and O–H groups in total. The predicted molar refractivity (Wildman–Crippen MR) is 127 cm³/mol. The van der Waals surface area contributed by atoms with Crippen molar-refractivity contribution in [1.82, 2.24) is 10.2 Å². The fourth-order valence-corrected chi connectivity index (χ4v) is 1.52. The Morgan fingerprint density at radius 2 is 1.76 bits per heavy atom. The minimum atomic E-state index is -0.925. The molecule has 0 bridgehead atoms. The number of carbonyl (C=O) groups excluding carboxylic acids is 1. The van der Waals surface area contributed by atoms with E-state index in [1.165, 1.54) is 17.7 Å². The fourth-order valence-electron chi connectivity index (χ4n) is 1.52. The van der Waals surface area contributed by atoms with Crippen LogP contribution in [0, 0.1) is 0 Å². The average molecular weight is 412 g/mol. The van der Waals surface area contributed by atoms with Crippen LogP contribution in [0.15, 0.2) is 48.1 Å². The van der Waals surface area contributed by atoms with Crippen molar-refractivity contribution in [3.05, 3.63) is 48.1 Å². The van der Waals surface area contributed by atoms with Gasteiger partial charge in [0, 0.05) is 13.6 Å². The zero-order valence-corrected chi connectivity index (χ0v) is 19.7. The van der Waals surface area contributed by atoms with Gasteiger partial charge in [0.25, 0.3) is 0 Å². The second-order valence-electron chi connectivity index (χ2n) is 5.69. The number of carboxylic acid groups (broad SMARTS) is 1. The van der Waals surface area contributed by atoms with Crippen molar-refractivity contribution in [2.24, 2.45) is 5.73 Å². The van der Waals surface area contributed by atoms with Crippen LogP contribution < -0.4 is 11.1 Å². The lowest BCUT2D eigenvalue weighted by atomic mass is 10.1. The maximum atomic E-state index is 10.7. The van der Waals surface area contributed by atoms with Crippen LogP contribution in [-0.2, 0) is 4.79 Å². The van der Waals surface area contributed by atoms with Crippen LogP contribution in [0.2, 0.25) is 0 Å². The summed E-state index contributed by atoms with van der Waals surface area (Å²) in [5.74, 6) is 0. The first kappa shape index (κ1) is 34.2. The number of nitrogens with zero attached hydrogens (tertiary/aromatic N) is 1. The summed E-state index contributed by atoms with van der Waals surface area (Å²) in [6.07, 6.45) is 13.8. The predicted octanol–water partition coefficient (Wildman–Crippen LogP) is 5.14. The van der Waals surface area contributed by atoms with Crippen LogP contribution in [-0.4, -0.2) is 49.7 Å². The molecule has 0 aromatic heterocycles. The number of likely N-dealkylation sites (N-methyl/N-ethyl adjacent to an activating group) is 1. The highest BCUT2D eigenvalue weighted by atomic mass is 16.4. The molecule has 0 fully saturated rings. The highest BCUT2D eigenvalue weighted by Crippen LogP contribution is 2.12. The molecule has 170 valence electrons. The molecule has 29 heavy (non-hydrogen) atoms. The van der Waals surface area contributed by atoms with Crippen LogP contribution in [0.5, 0.6) is 0 Å². The summed E-state index contributed by atoms with van der Waals surface area (Å²) < 4.78 is 0. The summed E-state index contributed by atoms with van der Waals surface area (Å²) in [6, 6.07) is 0. The van der Waals surface area contributed by atoms with Crippen molar-refractivity contribution in [3.8, 4) is 0 Å². The van der Waals surface area contributed by atoms with Gasteiger partial charge in [-0.1, -0.05) is 77.5 Å². The van der Waals surface area contributed by atoms with Crippen LogP contribution in [0.4, 0.5) is 4.79 Å². The summed E-state index contributed by atoms with van der Waals surface area (Å²) in [5, 5.41) is 11.9. The van der Waals surface area contributed by atoms with Crippen molar-refractivity contribution in [3.63, 3.8) is 0 Å². The first-order valence-electron chi connectivity index (χ1n) is 10.3. The molecular weight excluding hydrogens is 366 g/mol. The van der Waals surface area contributed by atoms with Crippen molar-refractivity contribution in [2.45, 2.75) is 60.3 Å². The second kappa shape index (κ2) is 30.4. The van der Waals surface area contributed by atoms with E-state index in [-0.39, 0.29) is 6.41 Å². The van der Waals surface area contributed by atoms with Gasteiger partial charge in [-0.05, 0) is 44.5 Å². The Hall–Kier alpha value is -2.34. The Morgan fingerprint density at radius 3 is 2.14 bits per heavy atom. The third kappa shape index (κ3) is 30.6. The highest BCUT2D eigenvalue weighted by Gasteiger charge is 2.03. The summed E-state index contributed by atoms with van der Waals surface area (Å²) in [6.45, 7) is 15.4. The molecule has 0 spiro atoms. The number of amides is 2. The minimum absolute atomic E-state index is 0.250. The van der Waals surface area contributed by atoms with E-state index in [1.807, 2.05) is 40.0 Å². The first-order chi connectivity index (χ1) is 13.9. The molecular formula is C23H45N3O3. The number of carbonyl (C=O) groups is 2. The Labute approximate surface area is 179 Å². The van der Waals surface area contributed by atoms with Crippen molar-refractivity contribution in [1.29, 1.82) is 0 Å². The van der Waals surface area contributed by atoms with E-state index in [9.17, 15) is 4.79 Å². The molecule has 0 heterocycles. The Bertz CT molecular complexity index is 468. The molecule has 6 heteroatoms. The summed E-state index contributed by atoms with van der Waals surface area (Å²) in [5.41, 5.74) is 6.27. The summed E-state index contributed by atoms with van der Waals surface area (Å²) >= 11 is 0. The van der Waals surface area contributed by atoms with Gasteiger partial charge < -0.3 is 21.1 Å². The highest BCUT2D eigenvalue weighted by molar-refractivity contribution is 5.64. The molecule has 2 amide bonds. The number of allylic oxidation sites excluding steroid dienone is 6. The van der Waals surface area contributed by atoms with Gasteiger partial charge in [0.2, 0.25) is 6.41 Å². The lowest BCUT2D eigenvalue weighted by Gasteiger charge is -2.10. The molecule has 0 aliphatic heterocycles. The van der Waals surface area contributed by atoms with Gasteiger partial charge in [0.15, 0.2) is 0 Å². The molecule has 0 atom stereocenters. The normalized spacial score (nSPS) is 10.4. The van der Waals surface area contributed by atoms with E-state index < -0.39 is 6.09 Å². The van der Waals surface area contributed by atoms with Gasteiger partial charge in [0.1, 0.15) is 0 Å². The van der Waals surface area contributed by atoms with E-state index in [1.54, 1.807) is 13.1 Å². The molecule has 0 aromatic carbocycles. The number of rotatable bonds is 10. The minimum Gasteiger partial charge on any atom is -0.465 e. The van der Waals surface area contributed by atoms with Gasteiger partial charge in [-0.2, -0.15) is 0 Å². The molecule has 6 nitrogen and oxygen atoms in total. The maximum Gasteiger partial charge on any atom is 0.407 e. The van der Waals surface area contributed by atoms with Crippen molar-refractivity contribution in [2.75, 3.05) is 27.2 Å². The molecule has 0 aliphatic carbocycles. The van der Waals surface area contributed by atoms with Gasteiger partial charge in [-0.15, -0.1) is 0 Å². The van der Waals surface area contributed by atoms with Gasteiger partial charge in [-0.3, -0.25) is 4.79 Å². The molecule has 0 aromatic rings. The third-order valence-corrected chi connectivity index (χ3v) is 3.35. The zero-order chi connectivity index (χ0) is 23.5. The number of hydrogen-bond donors (Lipinski definition) is 3. The molecule has 0 unspecified atom stereocenters. The van der Waals surface area contributed by atoms with E-state index >= 15 is 0 Å². The van der Waals surface area contributed by atoms with Crippen molar-refractivity contribution >= 4 is 12.5 Å². The smallest absolute Gasteiger partial charge is 0.407 e. The number of hydrogen-bond acceptors (Lipinski definition) is 3. The first-order valence-corrected chi connectivity index (χ1v) is 10.3. The maximum absolute atomic E-state index is 10.7. The van der Waals surface area contributed by atoms with E-state index in [0.29, 0.717) is 6.54 Å². The zero-order valence-electron chi connectivity index (χ0n) is 19.7. The lowest BCUT2D eigenvalue weighted by Crippen LogP contribution is -2.24. The Kier molecular flexibility index (Phi) is 35.8. The standard InChI is InChI=1S/C16H26N2O2.C4H10.C2H6.CH3NO/c1-5-9-15(10-7-6-8-12-17-3)14(2)11-13-18(4)16(19)20;1-3-4-2;1-2;2-1-3/h5,7,9-11,17H,1,6,8,12-13H2,2-4H3,(H,19,20);3-4H2,1-2H3;1-2H3;1H,(H2,2,3)/b10-7+,14-11+,15-9-;;;. The van der Waals surface area contributed by atoms with E-state index in [0.717, 1.165) is 30.5 Å². The SMILES string of the molecule is C=C/C=C(/C=C/CCCNC)C(\C)=C\CN(C)C(=O)O.CC.CCCC.NC=O. The lowest BCUT2D eigenvalue weighted by molar-refractivity contribution is -0.106. The van der Waals surface area contributed by atoms with Crippen LogP contribution in [0.25, 0.3) is 0 Å². The summed E-state index contributed by atoms with van der Waals surface area (Å²) in [7, 11) is 3.50. The van der Waals surface area contributed by atoms with Crippen LogP contribution >= 0.6 is 0 Å². The largest absolute Gasteiger partial charge is 0.465 e. The number of nitrogens with one attached hydrogen (secondary N) is 1. The van der Waals surface area contributed by atoms with Crippen LogP contribution in [0.3, 0.4) is 0 Å². The summed E-state index contributed by atoms with van der Waals surface area (Å²) in [4.78, 5) is 20.6. The number of unbranched alkanes of at least 4 members (excludes halogenated alkanes) is 2. The average Bonchev–Trinajstić information content (AvgIpc) is 2.72. The van der Waals surface area contributed by atoms with E-state index in [4.69, 9.17) is 9.90 Å². The topological polar surface area (TPSA) is 95.7 Å². The Morgan fingerprint density at radius 1 is 1.24 bits per heavy atom. The van der Waals surface area contributed by atoms with Gasteiger partial charge in [-0.25, -0.2) is 4.79 Å². The molecule has 0 saturated heterocycles. The third-order valence-electron chi connectivity index (χ3n) is 3.35. The monoisotopic (exact) mass is 411 g/mol.